The number of methoxy groups -OCH3 is 1. The molecule has 0 N–H and O–H groups in total. The smallest absolute Gasteiger partial charge is 0.343 e. The molecule has 7 heteroatoms. The van der Waals surface area contributed by atoms with Gasteiger partial charge in [-0.25, -0.2) is 4.79 Å². The van der Waals surface area contributed by atoms with Crippen LogP contribution in [0.1, 0.15) is 17.3 Å². The maximum Gasteiger partial charge on any atom is 0.343 e. The zero-order valence-corrected chi connectivity index (χ0v) is 18.5. The topological polar surface area (TPSA) is 70.0 Å². The van der Waals surface area contributed by atoms with Crippen LogP contribution in [0, 0.1) is 0 Å². The molecule has 1 saturated heterocycles. The molecular formula is C25H28N2O5. The van der Waals surface area contributed by atoms with Crippen LogP contribution in [0.4, 0.5) is 0 Å². The van der Waals surface area contributed by atoms with Crippen molar-refractivity contribution in [2.75, 3.05) is 46.6 Å². The van der Waals surface area contributed by atoms with E-state index < -0.39 is 5.97 Å². The number of carbonyl (C=O) groups is 1. The van der Waals surface area contributed by atoms with Gasteiger partial charge in [0.15, 0.2) is 0 Å². The van der Waals surface area contributed by atoms with Crippen molar-refractivity contribution >= 4 is 16.9 Å². The molecule has 1 aliphatic rings. The van der Waals surface area contributed by atoms with Crippen LogP contribution in [0.15, 0.2) is 53.3 Å². The molecule has 0 amide bonds. The molecule has 1 aliphatic heterocycles. The Balaban J connectivity index is 1.75. The van der Waals surface area contributed by atoms with Crippen molar-refractivity contribution in [2.24, 2.45) is 0 Å². The molecule has 0 saturated carbocycles. The summed E-state index contributed by atoms with van der Waals surface area (Å²) >= 11 is 0. The Labute approximate surface area is 187 Å². The number of morpholine rings is 1. The highest BCUT2D eigenvalue weighted by Crippen LogP contribution is 2.26. The summed E-state index contributed by atoms with van der Waals surface area (Å²) in [6.45, 7) is 6.23. The van der Waals surface area contributed by atoms with Gasteiger partial charge in [-0.2, -0.15) is 0 Å². The van der Waals surface area contributed by atoms with E-state index in [2.05, 4.69) is 4.90 Å². The molecule has 0 spiro atoms. The molecule has 2 aromatic carbocycles. The monoisotopic (exact) mass is 436 g/mol. The molecule has 32 heavy (non-hydrogen) atoms. The molecule has 168 valence electrons. The maximum atomic E-state index is 13.2. The van der Waals surface area contributed by atoms with Crippen LogP contribution in [-0.2, 0) is 16.0 Å². The van der Waals surface area contributed by atoms with Crippen molar-refractivity contribution < 1.29 is 19.0 Å². The molecule has 0 bridgehead atoms. The fraction of sp³-hybridized carbons (Fsp3) is 0.360. The van der Waals surface area contributed by atoms with Crippen molar-refractivity contribution in [3.63, 3.8) is 0 Å². The van der Waals surface area contributed by atoms with Gasteiger partial charge in [0.05, 0.1) is 32.4 Å². The molecule has 1 fully saturated rings. The minimum atomic E-state index is -0.589. The van der Waals surface area contributed by atoms with Crippen LogP contribution in [0.5, 0.6) is 5.75 Å². The zero-order chi connectivity index (χ0) is 22.5. The fourth-order valence-corrected chi connectivity index (χ4v) is 3.99. The van der Waals surface area contributed by atoms with Crippen LogP contribution in [0.3, 0.4) is 0 Å². The van der Waals surface area contributed by atoms with Crippen LogP contribution < -0.4 is 10.3 Å². The third-order valence-electron chi connectivity index (χ3n) is 5.76. The molecule has 0 aliphatic carbocycles. The summed E-state index contributed by atoms with van der Waals surface area (Å²) in [6.07, 6.45) is 0. The second-order valence-electron chi connectivity index (χ2n) is 7.69. The number of fused-ring (bicyclic) bond motifs is 1. The highest BCUT2D eigenvalue weighted by Gasteiger charge is 2.18. The quantitative estimate of drug-likeness (QED) is 0.530. The molecule has 0 unspecified atom stereocenters. The highest BCUT2D eigenvalue weighted by molar-refractivity contribution is 5.95. The summed E-state index contributed by atoms with van der Waals surface area (Å²) in [7, 11) is 1.64. The second kappa shape index (κ2) is 9.97. The second-order valence-corrected chi connectivity index (χ2v) is 7.69. The number of aromatic nitrogens is 1. The molecule has 2 heterocycles. The summed E-state index contributed by atoms with van der Waals surface area (Å²) in [5.74, 6) is 0.200. The number of pyridine rings is 1. The van der Waals surface area contributed by atoms with E-state index in [4.69, 9.17) is 14.2 Å². The SMILES string of the molecule is CCOC(=O)c1cc2cc(-c3ccc(OC)cc3)ccc2n(CCN2CCOCC2)c1=O. The van der Waals surface area contributed by atoms with Crippen LogP contribution in [0.25, 0.3) is 22.0 Å². The van der Waals surface area contributed by atoms with Gasteiger partial charge in [-0.05, 0) is 53.8 Å². The van der Waals surface area contributed by atoms with Gasteiger partial charge in [-0.3, -0.25) is 9.69 Å². The van der Waals surface area contributed by atoms with E-state index in [0.29, 0.717) is 26.3 Å². The summed E-state index contributed by atoms with van der Waals surface area (Å²) in [4.78, 5) is 28.0. The highest BCUT2D eigenvalue weighted by atomic mass is 16.5. The van der Waals surface area contributed by atoms with Gasteiger partial charge in [0.25, 0.3) is 5.56 Å². The third-order valence-corrected chi connectivity index (χ3v) is 5.76. The minimum absolute atomic E-state index is 0.0632. The third kappa shape index (κ3) is 4.69. The van der Waals surface area contributed by atoms with Crippen LogP contribution >= 0.6 is 0 Å². The van der Waals surface area contributed by atoms with E-state index in [1.54, 1.807) is 24.7 Å². The first-order chi connectivity index (χ1) is 15.6. The van der Waals surface area contributed by atoms with E-state index in [-0.39, 0.29) is 17.7 Å². The van der Waals surface area contributed by atoms with E-state index in [9.17, 15) is 9.59 Å². The number of benzene rings is 2. The first kappa shape index (κ1) is 22.0. The Kier molecular flexibility index (Phi) is 6.87. The number of carbonyl (C=O) groups excluding carboxylic acids is 1. The maximum absolute atomic E-state index is 13.2. The summed E-state index contributed by atoms with van der Waals surface area (Å²) in [6, 6.07) is 15.4. The fourth-order valence-electron chi connectivity index (χ4n) is 3.99. The van der Waals surface area contributed by atoms with E-state index in [0.717, 1.165) is 40.9 Å². The summed E-state index contributed by atoms with van der Waals surface area (Å²) in [5.41, 5.74) is 2.56. The number of hydrogen-bond donors (Lipinski definition) is 0. The Hall–Kier alpha value is -3.16. The van der Waals surface area contributed by atoms with Crippen LogP contribution in [-0.4, -0.2) is 62.0 Å². The number of ether oxygens (including phenoxy) is 3. The number of rotatable bonds is 7. The van der Waals surface area contributed by atoms with E-state index in [1.165, 1.54) is 0 Å². The zero-order valence-electron chi connectivity index (χ0n) is 18.5. The lowest BCUT2D eigenvalue weighted by atomic mass is 10.0. The molecule has 4 rings (SSSR count). The molecular weight excluding hydrogens is 408 g/mol. The molecule has 0 radical (unpaired) electrons. The Morgan fingerprint density at radius 1 is 1.00 bits per heavy atom. The van der Waals surface area contributed by atoms with Crippen molar-refractivity contribution in [3.8, 4) is 16.9 Å². The van der Waals surface area contributed by atoms with Gasteiger partial charge in [0, 0.05) is 26.2 Å². The average molecular weight is 437 g/mol. The molecule has 1 aromatic heterocycles. The Morgan fingerprint density at radius 3 is 2.41 bits per heavy atom. The Morgan fingerprint density at radius 2 is 1.72 bits per heavy atom. The molecule has 0 atom stereocenters. The molecule has 7 nitrogen and oxygen atoms in total. The lowest BCUT2D eigenvalue weighted by molar-refractivity contribution is 0.0364. The first-order valence-electron chi connectivity index (χ1n) is 10.9. The number of hydrogen-bond acceptors (Lipinski definition) is 6. The Bertz CT molecular complexity index is 1150. The lowest BCUT2D eigenvalue weighted by Gasteiger charge is -2.27. The van der Waals surface area contributed by atoms with Gasteiger partial charge in [-0.1, -0.05) is 18.2 Å². The lowest BCUT2D eigenvalue weighted by Crippen LogP contribution is -2.39. The van der Waals surface area contributed by atoms with Gasteiger partial charge in [0.1, 0.15) is 11.3 Å². The normalized spacial score (nSPS) is 14.4. The van der Waals surface area contributed by atoms with Gasteiger partial charge in [0.2, 0.25) is 0 Å². The standard InChI is InChI=1S/C25H28N2O5/c1-3-32-25(29)22-17-20-16-19(18-4-7-21(30-2)8-5-18)6-9-23(20)27(24(22)28)11-10-26-12-14-31-15-13-26/h4-9,16-17H,3,10-15H2,1-2H3. The summed E-state index contributed by atoms with van der Waals surface area (Å²) in [5, 5.41) is 0.822. The van der Waals surface area contributed by atoms with Crippen molar-refractivity contribution in [1.82, 2.24) is 9.47 Å². The van der Waals surface area contributed by atoms with Crippen molar-refractivity contribution in [1.29, 1.82) is 0 Å². The van der Waals surface area contributed by atoms with Gasteiger partial charge >= 0.3 is 5.97 Å². The summed E-state index contributed by atoms with van der Waals surface area (Å²) < 4.78 is 17.5. The van der Waals surface area contributed by atoms with Crippen molar-refractivity contribution in [2.45, 2.75) is 13.5 Å². The van der Waals surface area contributed by atoms with Gasteiger partial charge in [-0.15, -0.1) is 0 Å². The van der Waals surface area contributed by atoms with Crippen LogP contribution in [0.2, 0.25) is 0 Å². The predicted molar refractivity (Wildman–Crippen MR) is 123 cm³/mol. The average Bonchev–Trinajstić information content (AvgIpc) is 2.83. The van der Waals surface area contributed by atoms with Gasteiger partial charge < -0.3 is 18.8 Å². The van der Waals surface area contributed by atoms with E-state index in [1.807, 2.05) is 42.5 Å². The largest absolute Gasteiger partial charge is 0.497 e. The minimum Gasteiger partial charge on any atom is -0.497 e. The number of esters is 1. The predicted octanol–water partition coefficient (Wildman–Crippen LogP) is 3.19. The number of nitrogens with zero attached hydrogens (tertiary/aromatic N) is 2. The molecule has 3 aromatic rings. The van der Waals surface area contributed by atoms with E-state index >= 15 is 0 Å². The van der Waals surface area contributed by atoms with Crippen molar-refractivity contribution in [3.05, 3.63) is 64.4 Å². The first-order valence-corrected chi connectivity index (χ1v) is 10.9.